The van der Waals surface area contributed by atoms with Gasteiger partial charge in [-0.1, -0.05) is 54.2 Å². The van der Waals surface area contributed by atoms with Crippen LogP contribution in [0.2, 0.25) is 0 Å². The molecule has 1 aliphatic heterocycles. The summed E-state index contributed by atoms with van der Waals surface area (Å²) in [6.45, 7) is 0. The molecule has 0 spiro atoms. The summed E-state index contributed by atoms with van der Waals surface area (Å²) in [5.41, 5.74) is 3.09. The second-order valence-electron chi connectivity index (χ2n) is 10.9. The molecule has 0 unspecified atom stereocenters. The van der Waals surface area contributed by atoms with Crippen molar-refractivity contribution in [3.8, 4) is 17.2 Å². The number of methoxy groups -OCH3 is 3. The number of hydrogen-bond donors (Lipinski definition) is 2. The smallest absolute Gasteiger partial charge is 0.272 e. The van der Waals surface area contributed by atoms with Crippen molar-refractivity contribution in [2.24, 2.45) is 0 Å². The molecule has 5 aromatic rings. The Morgan fingerprint density at radius 2 is 1.30 bits per heavy atom. The summed E-state index contributed by atoms with van der Waals surface area (Å²) in [6, 6.07) is 34.9. The molecule has 252 valence electrons. The first kappa shape index (κ1) is 34.2. The zero-order chi connectivity index (χ0) is 35.0. The number of benzene rings is 5. The number of thioether (sulfide) groups is 1. The Kier molecular flexibility index (Phi) is 10.8. The van der Waals surface area contributed by atoms with Gasteiger partial charge < -0.3 is 24.8 Å². The lowest BCUT2D eigenvalue weighted by atomic mass is 10.1. The molecule has 1 heterocycles. The summed E-state index contributed by atoms with van der Waals surface area (Å²) in [4.78, 5) is 45.2. The Morgan fingerprint density at radius 3 is 1.92 bits per heavy atom. The first-order chi connectivity index (χ1) is 24.4. The van der Waals surface area contributed by atoms with Gasteiger partial charge in [0.25, 0.3) is 11.8 Å². The van der Waals surface area contributed by atoms with Crippen LogP contribution in [0.1, 0.15) is 15.9 Å². The molecule has 0 atom stereocenters. The van der Waals surface area contributed by atoms with E-state index in [2.05, 4.69) is 10.6 Å². The van der Waals surface area contributed by atoms with Crippen LogP contribution in [-0.2, 0) is 9.59 Å². The Labute approximate surface area is 298 Å². The van der Waals surface area contributed by atoms with Gasteiger partial charge in [0.2, 0.25) is 5.91 Å². The minimum Gasteiger partial charge on any atom is -0.496 e. The number of fused-ring (bicyclic) bond motifs is 2. The number of rotatable bonds is 11. The minimum absolute atomic E-state index is 0.0197. The molecule has 0 bridgehead atoms. The third kappa shape index (κ3) is 7.64. The number of carbonyl (C=O) groups is 3. The Morgan fingerprint density at radius 1 is 0.720 bits per heavy atom. The fourth-order valence-electron chi connectivity index (χ4n) is 5.28. The van der Waals surface area contributed by atoms with Gasteiger partial charge in [0.1, 0.15) is 11.4 Å². The Balaban J connectivity index is 1.19. The highest BCUT2D eigenvalue weighted by molar-refractivity contribution is 8.00. The van der Waals surface area contributed by atoms with Crippen molar-refractivity contribution in [3.05, 3.63) is 132 Å². The van der Waals surface area contributed by atoms with Crippen molar-refractivity contribution in [2.45, 2.75) is 14.7 Å². The fraction of sp³-hybridized carbons (Fsp3) is 0.103. The van der Waals surface area contributed by atoms with Gasteiger partial charge in [-0.2, -0.15) is 0 Å². The van der Waals surface area contributed by atoms with Gasteiger partial charge in [-0.05, 0) is 72.8 Å². The molecular weight excluding hydrogens is 671 g/mol. The van der Waals surface area contributed by atoms with Gasteiger partial charge in [-0.15, -0.1) is 11.8 Å². The molecule has 9 nitrogen and oxygen atoms in total. The lowest BCUT2D eigenvalue weighted by Crippen LogP contribution is -2.30. The van der Waals surface area contributed by atoms with E-state index in [1.807, 2.05) is 60.7 Å². The van der Waals surface area contributed by atoms with E-state index in [-0.39, 0.29) is 17.4 Å². The average molecular weight is 704 g/mol. The highest BCUT2D eigenvalue weighted by Gasteiger charge is 2.27. The number of nitrogens with zero attached hydrogens (tertiary/aromatic N) is 1. The molecule has 11 heteroatoms. The number of para-hydroxylation sites is 2. The van der Waals surface area contributed by atoms with Crippen LogP contribution in [0.3, 0.4) is 0 Å². The molecule has 0 saturated heterocycles. The van der Waals surface area contributed by atoms with Crippen LogP contribution in [0, 0.1) is 0 Å². The maximum atomic E-state index is 13.7. The van der Waals surface area contributed by atoms with E-state index in [0.29, 0.717) is 34.1 Å². The summed E-state index contributed by atoms with van der Waals surface area (Å²) in [5, 5.41) is 5.61. The molecule has 1 aliphatic rings. The molecule has 0 radical (unpaired) electrons. The minimum atomic E-state index is -0.554. The maximum Gasteiger partial charge on any atom is 0.272 e. The van der Waals surface area contributed by atoms with Crippen molar-refractivity contribution in [3.63, 3.8) is 0 Å². The molecule has 50 heavy (non-hydrogen) atoms. The molecule has 0 saturated carbocycles. The molecule has 5 aromatic carbocycles. The van der Waals surface area contributed by atoms with E-state index >= 15 is 0 Å². The lowest BCUT2D eigenvalue weighted by Gasteiger charge is -2.31. The third-order valence-electron chi connectivity index (χ3n) is 7.72. The van der Waals surface area contributed by atoms with E-state index in [4.69, 9.17) is 14.2 Å². The van der Waals surface area contributed by atoms with Gasteiger partial charge >= 0.3 is 0 Å². The quantitative estimate of drug-likeness (QED) is 0.105. The molecule has 0 fully saturated rings. The zero-order valence-corrected chi connectivity index (χ0v) is 29.1. The number of carbonyl (C=O) groups excluding carboxylic acids is 3. The second kappa shape index (κ2) is 15.7. The van der Waals surface area contributed by atoms with Gasteiger partial charge in [0.15, 0.2) is 11.5 Å². The second-order valence-corrected chi connectivity index (χ2v) is 13.0. The number of ether oxygens (including phenoxy) is 3. The Bertz CT molecular complexity index is 2020. The number of amides is 3. The first-order valence-electron chi connectivity index (χ1n) is 15.5. The first-order valence-corrected chi connectivity index (χ1v) is 17.3. The molecule has 3 amide bonds. The SMILES string of the molecule is COc1cc(OC)c(OC)cc1/C=C(\NC(=O)c1ccccc1)C(=O)Nc1ccc(SCC(=O)N2c3ccccc3Sc3ccccc32)cc1. The van der Waals surface area contributed by atoms with Crippen LogP contribution < -0.4 is 29.7 Å². The van der Waals surface area contributed by atoms with Crippen LogP contribution in [0.4, 0.5) is 17.1 Å². The largest absolute Gasteiger partial charge is 0.496 e. The highest BCUT2D eigenvalue weighted by atomic mass is 32.2. The molecular formula is C39H33N3O6S2. The summed E-state index contributed by atoms with van der Waals surface area (Å²) < 4.78 is 16.4. The van der Waals surface area contributed by atoms with Gasteiger partial charge in [-0.3, -0.25) is 19.3 Å². The summed E-state index contributed by atoms with van der Waals surface area (Å²) >= 11 is 3.06. The van der Waals surface area contributed by atoms with Gasteiger partial charge in [0.05, 0.1) is 38.5 Å². The van der Waals surface area contributed by atoms with Crippen molar-refractivity contribution in [1.29, 1.82) is 0 Å². The van der Waals surface area contributed by atoms with Crippen LogP contribution in [0.25, 0.3) is 6.08 Å². The predicted octanol–water partition coefficient (Wildman–Crippen LogP) is 8.04. The lowest BCUT2D eigenvalue weighted by molar-refractivity contribution is -0.115. The summed E-state index contributed by atoms with van der Waals surface area (Å²) in [5.74, 6) is 0.445. The number of hydrogen-bond acceptors (Lipinski definition) is 8. The summed E-state index contributed by atoms with van der Waals surface area (Å²) in [7, 11) is 4.52. The summed E-state index contributed by atoms with van der Waals surface area (Å²) in [6.07, 6.45) is 1.52. The van der Waals surface area contributed by atoms with E-state index in [1.165, 1.54) is 39.2 Å². The molecule has 6 rings (SSSR count). The van der Waals surface area contributed by atoms with Gasteiger partial charge in [-0.25, -0.2) is 0 Å². The van der Waals surface area contributed by atoms with Crippen LogP contribution in [0.5, 0.6) is 17.2 Å². The number of anilines is 3. The third-order valence-corrected chi connectivity index (χ3v) is 9.85. The highest BCUT2D eigenvalue weighted by Crippen LogP contribution is 2.48. The fourth-order valence-corrected chi connectivity index (χ4v) is 7.09. The molecule has 0 aliphatic carbocycles. The van der Waals surface area contributed by atoms with Crippen LogP contribution >= 0.6 is 23.5 Å². The van der Waals surface area contributed by atoms with Crippen molar-refractivity contribution >= 4 is 64.4 Å². The standard InChI is InChI=1S/C39H33N3O6S2/c1-46-32-23-34(48-3)33(47-2)22-26(32)21-29(41-38(44)25-11-5-4-6-12-25)39(45)40-27-17-19-28(20-18-27)49-24-37(43)42-30-13-7-9-15-35(30)50-36-16-10-8-14-31(36)42/h4-23H,24H2,1-3H3,(H,40,45)(H,41,44)/b29-21-. The van der Waals surface area contributed by atoms with Crippen molar-refractivity contribution in [1.82, 2.24) is 5.32 Å². The molecule has 2 N–H and O–H groups in total. The number of nitrogens with one attached hydrogen (secondary N) is 2. The van der Waals surface area contributed by atoms with Crippen LogP contribution in [0.15, 0.2) is 136 Å². The van der Waals surface area contributed by atoms with Crippen molar-refractivity contribution in [2.75, 3.05) is 37.3 Å². The van der Waals surface area contributed by atoms with Crippen LogP contribution in [-0.4, -0.2) is 44.8 Å². The average Bonchev–Trinajstić information content (AvgIpc) is 3.16. The Hall–Kier alpha value is -5.65. The van der Waals surface area contributed by atoms with Crippen molar-refractivity contribution < 1.29 is 28.6 Å². The normalized spacial score (nSPS) is 11.9. The van der Waals surface area contributed by atoms with Gasteiger partial charge in [0, 0.05) is 37.6 Å². The zero-order valence-electron chi connectivity index (χ0n) is 27.5. The maximum absolute atomic E-state index is 13.7. The van der Waals surface area contributed by atoms with E-state index < -0.39 is 11.8 Å². The van der Waals surface area contributed by atoms with E-state index in [9.17, 15) is 14.4 Å². The molecule has 0 aromatic heterocycles. The van der Waals surface area contributed by atoms with E-state index in [0.717, 1.165) is 26.1 Å². The van der Waals surface area contributed by atoms with E-state index in [1.54, 1.807) is 71.3 Å². The monoisotopic (exact) mass is 703 g/mol. The predicted molar refractivity (Wildman–Crippen MR) is 198 cm³/mol. The topological polar surface area (TPSA) is 106 Å².